The van der Waals surface area contributed by atoms with Crippen LogP contribution in [0.3, 0.4) is 0 Å². The van der Waals surface area contributed by atoms with Gasteiger partial charge in [-0.15, -0.1) is 0 Å². The van der Waals surface area contributed by atoms with E-state index < -0.39 is 15.9 Å². The molecule has 0 aromatic carbocycles. The summed E-state index contributed by atoms with van der Waals surface area (Å²) in [6.45, 7) is 2.86. The summed E-state index contributed by atoms with van der Waals surface area (Å²) in [4.78, 5) is 11.5. The van der Waals surface area contributed by atoms with Crippen molar-refractivity contribution in [2.24, 2.45) is 5.92 Å². The number of rotatable bonds is 3. The van der Waals surface area contributed by atoms with Gasteiger partial charge in [-0.2, -0.15) is 0 Å². The Morgan fingerprint density at radius 2 is 2.20 bits per heavy atom. The van der Waals surface area contributed by atoms with E-state index in [1.165, 1.54) is 0 Å². The third-order valence-corrected chi connectivity index (χ3v) is 3.26. The highest BCUT2D eigenvalue weighted by Crippen LogP contribution is 2.19. The number of sulfonamides is 1. The Hall–Kier alpha value is -0.620. The topological polar surface area (TPSA) is 75.3 Å². The van der Waals surface area contributed by atoms with Crippen LogP contribution in [0.15, 0.2) is 0 Å². The Morgan fingerprint density at radius 1 is 1.53 bits per heavy atom. The van der Waals surface area contributed by atoms with Gasteiger partial charge in [0.25, 0.3) is 5.91 Å². The van der Waals surface area contributed by atoms with Gasteiger partial charge in [0, 0.05) is 0 Å². The average molecular weight is 234 g/mol. The Bertz CT molecular complexity index is 326. The third kappa shape index (κ3) is 4.17. The normalized spacial score (nSPS) is 27.3. The standard InChI is InChI=1S/C9H18N2O3S/c1-3-7-4-5-10-8(6-7)9(12)11-15(2,13)14/h7-8,10H,3-6H2,1-2H3,(H,11,12). The molecule has 1 saturated heterocycles. The molecule has 0 saturated carbocycles. The average Bonchev–Trinajstić information content (AvgIpc) is 2.15. The van der Waals surface area contributed by atoms with E-state index >= 15 is 0 Å². The lowest BCUT2D eigenvalue weighted by atomic mass is 9.90. The van der Waals surface area contributed by atoms with Crippen LogP contribution in [0.25, 0.3) is 0 Å². The van der Waals surface area contributed by atoms with Crippen LogP contribution in [-0.4, -0.2) is 33.2 Å². The molecular weight excluding hydrogens is 216 g/mol. The van der Waals surface area contributed by atoms with Crippen LogP contribution in [-0.2, 0) is 14.8 Å². The van der Waals surface area contributed by atoms with Gasteiger partial charge in [0.2, 0.25) is 10.0 Å². The zero-order valence-electron chi connectivity index (χ0n) is 9.12. The van der Waals surface area contributed by atoms with Crippen LogP contribution in [0.5, 0.6) is 0 Å². The number of hydrogen-bond donors (Lipinski definition) is 2. The van der Waals surface area contributed by atoms with Crippen molar-refractivity contribution in [3.8, 4) is 0 Å². The fourth-order valence-corrected chi connectivity index (χ4v) is 2.33. The summed E-state index contributed by atoms with van der Waals surface area (Å²) in [5.41, 5.74) is 0. The van der Waals surface area contributed by atoms with E-state index in [1.54, 1.807) is 0 Å². The highest BCUT2D eigenvalue weighted by Gasteiger charge is 2.27. The van der Waals surface area contributed by atoms with Crippen molar-refractivity contribution in [1.29, 1.82) is 0 Å². The van der Waals surface area contributed by atoms with Crippen LogP contribution in [0.1, 0.15) is 26.2 Å². The van der Waals surface area contributed by atoms with E-state index in [0.29, 0.717) is 5.92 Å². The summed E-state index contributed by atoms with van der Waals surface area (Å²) in [5, 5.41) is 3.03. The van der Waals surface area contributed by atoms with Gasteiger partial charge in [0.1, 0.15) is 0 Å². The molecule has 1 aliphatic heterocycles. The lowest BCUT2D eigenvalue weighted by Crippen LogP contribution is -2.49. The number of piperidine rings is 1. The van der Waals surface area contributed by atoms with Gasteiger partial charge >= 0.3 is 0 Å². The quantitative estimate of drug-likeness (QED) is 0.711. The van der Waals surface area contributed by atoms with E-state index in [2.05, 4.69) is 12.2 Å². The molecule has 2 unspecified atom stereocenters. The van der Waals surface area contributed by atoms with Gasteiger partial charge in [-0.25, -0.2) is 8.42 Å². The van der Waals surface area contributed by atoms with Crippen molar-refractivity contribution in [3.05, 3.63) is 0 Å². The fourth-order valence-electron chi connectivity index (χ4n) is 1.82. The Morgan fingerprint density at radius 3 is 2.73 bits per heavy atom. The third-order valence-electron chi connectivity index (χ3n) is 2.69. The summed E-state index contributed by atoms with van der Waals surface area (Å²) in [6, 6.07) is -0.363. The molecule has 88 valence electrons. The Labute approximate surface area is 90.7 Å². The van der Waals surface area contributed by atoms with Crippen LogP contribution in [0, 0.1) is 5.92 Å². The summed E-state index contributed by atoms with van der Waals surface area (Å²) in [5.74, 6) is 0.0808. The Balaban J connectivity index is 2.53. The molecule has 0 aromatic heterocycles. The predicted octanol–water partition coefficient (Wildman–Crippen LogP) is -0.160. The molecule has 2 atom stereocenters. The zero-order valence-corrected chi connectivity index (χ0v) is 9.93. The second-order valence-corrected chi connectivity index (χ2v) is 5.79. The molecule has 0 spiro atoms. The lowest BCUT2D eigenvalue weighted by Gasteiger charge is -2.28. The van der Waals surface area contributed by atoms with Crippen LogP contribution in [0.2, 0.25) is 0 Å². The second-order valence-electron chi connectivity index (χ2n) is 4.04. The van der Waals surface area contributed by atoms with Gasteiger partial charge in [0.05, 0.1) is 12.3 Å². The van der Waals surface area contributed by atoms with Crippen LogP contribution in [0.4, 0.5) is 0 Å². The van der Waals surface area contributed by atoms with Crippen LogP contribution < -0.4 is 10.0 Å². The molecule has 0 bridgehead atoms. The molecule has 1 heterocycles. The second kappa shape index (κ2) is 4.94. The fraction of sp³-hybridized carbons (Fsp3) is 0.889. The maximum absolute atomic E-state index is 11.5. The number of nitrogens with one attached hydrogen (secondary N) is 2. The van der Waals surface area contributed by atoms with Gasteiger partial charge in [-0.05, 0) is 25.3 Å². The molecule has 15 heavy (non-hydrogen) atoms. The summed E-state index contributed by atoms with van der Waals surface area (Å²) in [6.07, 6.45) is 3.80. The highest BCUT2D eigenvalue weighted by atomic mass is 32.2. The number of hydrogen-bond acceptors (Lipinski definition) is 4. The first-order valence-electron chi connectivity index (χ1n) is 5.17. The van der Waals surface area contributed by atoms with Crippen LogP contribution >= 0.6 is 0 Å². The van der Waals surface area contributed by atoms with Gasteiger partial charge in [-0.3, -0.25) is 9.52 Å². The van der Waals surface area contributed by atoms with E-state index in [1.807, 2.05) is 4.72 Å². The van der Waals surface area contributed by atoms with E-state index in [4.69, 9.17) is 0 Å². The molecule has 0 aliphatic carbocycles. The van der Waals surface area contributed by atoms with Crippen molar-refractivity contribution in [2.75, 3.05) is 12.8 Å². The maximum Gasteiger partial charge on any atom is 0.250 e. The zero-order chi connectivity index (χ0) is 11.5. The number of carbonyl (C=O) groups excluding carboxylic acids is 1. The first-order chi connectivity index (χ1) is 6.92. The Kier molecular flexibility index (Phi) is 4.10. The molecule has 0 aromatic rings. The maximum atomic E-state index is 11.5. The molecule has 1 aliphatic rings. The summed E-state index contributed by atoms with van der Waals surface area (Å²) in [7, 11) is -3.44. The molecule has 0 radical (unpaired) electrons. The van der Waals surface area contributed by atoms with Crippen molar-refractivity contribution < 1.29 is 13.2 Å². The van der Waals surface area contributed by atoms with Crippen molar-refractivity contribution in [3.63, 3.8) is 0 Å². The van der Waals surface area contributed by atoms with Crippen molar-refractivity contribution in [2.45, 2.75) is 32.2 Å². The van der Waals surface area contributed by atoms with Gasteiger partial charge < -0.3 is 5.32 Å². The predicted molar refractivity (Wildman–Crippen MR) is 57.8 cm³/mol. The SMILES string of the molecule is CCC1CCNC(C(=O)NS(C)(=O)=O)C1. The summed E-state index contributed by atoms with van der Waals surface area (Å²) >= 11 is 0. The monoisotopic (exact) mass is 234 g/mol. The molecule has 5 nitrogen and oxygen atoms in total. The number of carbonyl (C=O) groups is 1. The van der Waals surface area contributed by atoms with E-state index in [0.717, 1.165) is 32.1 Å². The molecule has 1 rings (SSSR count). The smallest absolute Gasteiger partial charge is 0.250 e. The lowest BCUT2D eigenvalue weighted by molar-refractivity contribution is -0.122. The largest absolute Gasteiger partial charge is 0.306 e. The minimum atomic E-state index is -3.44. The number of amides is 1. The van der Waals surface area contributed by atoms with Crippen molar-refractivity contribution in [1.82, 2.24) is 10.0 Å². The van der Waals surface area contributed by atoms with Gasteiger partial charge in [-0.1, -0.05) is 13.3 Å². The molecule has 6 heteroatoms. The molecular formula is C9H18N2O3S. The van der Waals surface area contributed by atoms with Crippen molar-refractivity contribution >= 4 is 15.9 Å². The van der Waals surface area contributed by atoms with E-state index in [-0.39, 0.29) is 6.04 Å². The highest BCUT2D eigenvalue weighted by molar-refractivity contribution is 7.89. The first-order valence-corrected chi connectivity index (χ1v) is 7.06. The van der Waals surface area contributed by atoms with Gasteiger partial charge in [0.15, 0.2) is 0 Å². The molecule has 1 amide bonds. The first kappa shape index (κ1) is 12.4. The van der Waals surface area contributed by atoms with E-state index in [9.17, 15) is 13.2 Å². The summed E-state index contributed by atoms with van der Waals surface area (Å²) < 4.78 is 23.8. The minimum absolute atomic E-state index is 0.363. The minimum Gasteiger partial charge on any atom is -0.306 e. The molecule has 2 N–H and O–H groups in total. The molecule has 1 fully saturated rings.